The van der Waals surface area contributed by atoms with Crippen molar-refractivity contribution in [2.75, 3.05) is 13.6 Å². The minimum atomic E-state index is -0.407. The number of aliphatic hydroxyl groups is 1. The highest BCUT2D eigenvalue weighted by Crippen LogP contribution is 2.18. The van der Waals surface area contributed by atoms with Gasteiger partial charge in [0.1, 0.15) is 0 Å². The Morgan fingerprint density at radius 1 is 1.56 bits per heavy atom. The van der Waals surface area contributed by atoms with E-state index in [9.17, 15) is 9.90 Å². The number of likely N-dealkylation sites (N-methyl/N-ethyl adjacent to an activating group) is 1. The molecule has 4 nitrogen and oxygen atoms in total. The molecule has 18 heavy (non-hydrogen) atoms. The zero-order valence-electron chi connectivity index (χ0n) is 10.3. The van der Waals surface area contributed by atoms with E-state index in [-0.39, 0.29) is 11.9 Å². The van der Waals surface area contributed by atoms with Gasteiger partial charge in [-0.15, -0.1) is 0 Å². The van der Waals surface area contributed by atoms with Crippen molar-refractivity contribution < 1.29 is 9.90 Å². The molecule has 0 aromatic heterocycles. The molecule has 0 aliphatic carbocycles. The molecule has 2 N–H and O–H groups in total. The molecule has 5 heteroatoms. The van der Waals surface area contributed by atoms with E-state index in [0.29, 0.717) is 19.5 Å². The number of rotatable bonds is 3. The molecule has 1 fully saturated rings. The minimum absolute atomic E-state index is 0.0299. The Morgan fingerprint density at radius 3 is 2.89 bits per heavy atom. The number of β-amino-alcohol motifs (C(OH)–C–C–N with tert-alkyl or cyclic N) is 1. The van der Waals surface area contributed by atoms with Gasteiger partial charge in [-0.05, 0) is 18.1 Å². The number of carbonyl (C=O) groups excluding carboxylic acids is 1. The molecule has 2 rings (SSSR count). The van der Waals surface area contributed by atoms with E-state index in [4.69, 9.17) is 0 Å². The first-order valence-electron chi connectivity index (χ1n) is 5.97. The van der Waals surface area contributed by atoms with Crippen LogP contribution in [0.25, 0.3) is 0 Å². The molecule has 2 atom stereocenters. The van der Waals surface area contributed by atoms with E-state index in [1.807, 2.05) is 24.3 Å². The molecular formula is C13H17BrN2O2. The summed E-state index contributed by atoms with van der Waals surface area (Å²) in [6, 6.07) is 7.60. The van der Waals surface area contributed by atoms with Crippen molar-refractivity contribution in [3.8, 4) is 0 Å². The summed E-state index contributed by atoms with van der Waals surface area (Å²) in [6.45, 7) is 1.06. The van der Waals surface area contributed by atoms with Crippen LogP contribution in [0.1, 0.15) is 12.0 Å². The van der Waals surface area contributed by atoms with E-state index in [2.05, 4.69) is 21.2 Å². The van der Waals surface area contributed by atoms with Crippen LogP contribution >= 0.6 is 15.9 Å². The molecule has 0 bridgehead atoms. The Hall–Kier alpha value is -0.910. The van der Waals surface area contributed by atoms with Gasteiger partial charge in [0.05, 0.1) is 12.1 Å². The fourth-order valence-corrected chi connectivity index (χ4v) is 2.54. The first-order valence-corrected chi connectivity index (χ1v) is 6.77. The van der Waals surface area contributed by atoms with Crippen molar-refractivity contribution >= 4 is 21.8 Å². The SMILES string of the molecule is CN(Cc1ccccc1Br)C(=O)C1CC(O)CN1. The van der Waals surface area contributed by atoms with E-state index < -0.39 is 6.10 Å². The second-order valence-corrected chi connectivity index (χ2v) is 5.49. The molecule has 1 aliphatic heterocycles. The van der Waals surface area contributed by atoms with Gasteiger partial charge in [-0.3, -0.25) is 4.79 Å². The normalized spacial score (nSPS) is 23.1. The van der Waals surface area contributed by atoms with Crippen molar-refractivity contribution in [3.05, 3.63) is 34.3 Å². The average Bonchev–Trinajstić information content (AvgIpc) is 2.78. The van der Waals surface area contributed by atoms with Crippen LogP contribution in [0.5, 0.6) is 0 Å². The summed E-state index contributed by atoms with van der Waals surface area (Å²) in [5.74, 6) is 0.0299. The van der Waals surface area contributed by atoms with Crippen LogP contribution in [-0.2, 0) is 11.3 Å². The average molecular weight is 313 g/mol. The molecule has 1 heterocycles. The van der Waals surface area contributed by atoms with Crippen LogP contribution in [0, 0.1) is 0 Å². The second kappa shape index (κ2) is 5.82. The summed E-state index contributed by atoms with van der Waals surface area (Å²) in [5.41, 5.74) is 1.08. The maximum Gasteiger partial charge on any atom is 0.239 e. The van der Waals surface area contributed by atoms with Crippen LogP contribution in [-0.4, -0.2) is 41.7 Å². The van der Waals surface area contributed by atoms with Gasteiger partial charge in [0.2, 0.25) is 5.91 Å². The van der Waals surface area contributed by atoms with E-state index in [1.54, 1.807) is 11.9 Å². The van der Waals surface area contributed by atoms with Gasteiger partial charge in [0, 0.05) is 24.6 Å². The van der Waals surface area contributed by atoms with Crippen LogP contribution in [0.2, 0.25) is 0 Å². The molecule has 1 amide bonds. The highest BCUT2D eigenvalue weighted by molar-refractivity contribution is 9.10. The van der Waals surface area contributed by atoms with Crippen LogP contribution in [0.3, 0.4) is 0 Å². The van der Waals surface area contributed by atoms with Crippen molar-refractivity contribution in [1.82, 2.24) is 10.2 Å². The number of nitrogens with zero attached hydrogens (tertiary/aromatic N) is 1. The first-order chi connectivity index (χ1) is 8.58. The Bertz CT molecular complexity index is 439. The van der Waals surface area contributed by atoms with Gasteiger partial charge in [-0.1, -0.05) is 34.1 Å². The lowest BCUT2D eigenvalue weighted by Gasteiger charge is -2.21. The lowest BCUT2D eigenvalue weighted by Crippen LogP contribution is -2.41. The molecule has 1 saturated heterocycles. The minimum Gasteiger partial charge on any atom is -0.392 e. The van der Waals surface area contributed by atoms with Gasteiger partial charge < -0.3 is 15.3 Å². The fraction of sp³-hybridized carbons (Fsp3) is 0.462. The number of aliphatic hydroxyl groups excluding tert-OH is 1. The molecule has 0 radical (unpaired) electrons. The predicted octanol–water partition coefficient (Wildman–Crippen LogP) is 1.13. The molecule has 0 saturated carbocycles. The summed E-state index contributed by atoms with van der Waals surface area (Å²) in [4.78, 5) is 13.8. The van der Waals surface area contributed by atoms with E-state index in [1.165, 1.54) is 0 Å². The summed E-state index contributed by atoms with van der Waals surface area (Å²) >= 11 is 3.47. The van der Waals surface area contributed by atoms with Gasteiger partial charge in [0.15, 0.2) is 0 Å². The Morgan fingerprint density at radius 2 is 2.28 bits per heavy atom. The Kier molecular flexibility index (Phi) is 4.37. The summed E-state index contributed by atoms with van der Waals surface area (Å²) in [5, 5.41) is 12.5. The summed E-state index contributed by atoms with van der Waals surface area (Å²) in [7, 11) is 1.79. The fourth-order valence-electron chi connectivity index (χ4n) is 2.13. The maximum atomic E-state index is 12.1. The van der Waals surface area contributed by atoms with Crippen molar-refractivity contribution in [1.29, 1.82) is 0 Å². The third-order valence-corrected chi connectivity index (χ3v) is 3.92. The highest BCUT2D eigenvalue weighted by atomic mass is 79.9. The number of hydrogen-bond donors (Lipinski definition) is 2. The molecule has 2 unspecified atom stereocenters. The quantitative estimate of drug-likeness (QED) is 0.880. The van der Waals surface area contributed by atoms with Crippen LogP contribution < -0.4 is 5.32 Å². The van der Waals surface area contributed by atoms with Crippen molar-refractivity contribution in [2.45, 2.75) is 25.1 Å². The third-order valence-electron chi connectivity index (χ3n) is 3.15. The number of hydrogen-bond acceptors (Lipinski definition) is 3. The molecule has 1 aromatic carbocycles. The van der Waals surface area contributed by atoms with Crippen molar-refractivity contribution in [2.24, 2.45) is 0 Å². The first kappa shape index (κ1) is 13.5. The van der Waals surface area contributed by atoms with Crippen molar-refractivity contribution in [3.63, 3.8) is 0 Å². The monoisotopic (exact) mass is 312 g/mol. The smallest absolute Gasteiger partial charge is 0.239 e. The number of benzene rings is 1. The van der Waals surface area contributed by atoms with Gasteiger partial charge in [-0.25, -0.2) is 0 Å². The molecule has 98 valence electrons. The lowest BCUT2D eigenvalue weighted by atomic mass is 10.1. The van der Waals surface area contributed by atoms with Gasteiger partial charge in [-0.2, -0.15) is 0 Å². The van der Waals surface area contributed by atoms with E-state index in [0.717, 1.165) is 10.0 Å². The van der Waals surface area contributed by atoms with Crippen LogP contribution in [0.4, 0.5) is 0 Å². The predicted molar refractivity (Wildman–Crippen MR) is 73.0 cm³/mol. The number of amides is 1. The maximum absolute atomic E-state index is 12.1. The standard InChI is InChI=1S/C13H17BrN2O2/c1-16(8-9-4-2-3-5-11(9)14)13(18)12-6-10(17)7-15-12/h2-5,10,12,15,17H,6-8H2,1H3. The number of carbonyl (C=O) groups is 1. The summed E-state index contributed by atoms with van der Waals surface area (Å²) < 4.78 is 1.00. The zero-order valence-corrected chi connectivity index (χ0v) is 11.9. The third kappa shape index (κ3) is 3.10. The highest BCUT2D eigenvalue weighted by Gasteiger charge is 2.30. The van der Waals surface area contributed by atoms with Gasteiger partial charge >= 0.3 is 0 Å². The Labute approximate surface area is 115 Å². The molecule has 1 aliphatic rings. The molecule has 1 aromatic rings. The molecular weight excluding hydrogens is 296 g/mol. The second-order valence-electron chi connectivity index (χ2n) is 4.64. The van der Waals surface area contributed by atoms with Crippen LogP contribution in [0.15, 0.2) is 28.7 Å². The Balaban J connectivity index is 1.98. The number of halogens is 1. The number of nitrogens with one attached hydrogen (secondary N) is 1. The topological polar surface area (TPSA) is 52.6 Å². The zero-order chi connectivity index (χ0) is 13.1. The lowest BCUT2D eigenvalue weighted by molar-refractivity contribution is -0.132. The van der Waals surface area contributed by atoms with E-state index >= 15 is 0 Å². The molecule has 0 spiro atoms. The van der Waals surface area contributed by atoms with Gasteiger partial charge in [0.25, 0.3) is 0 Å². The summed E-state index contributed by atoms with van der Waals surface area (Å²) in [6.07, 6.45) is 0.0925. The largest absolute Gasteiger partial charge is 0.392 e.